The number of benzene rings is 2. The summed E-state index contributed by atoms with van der Waals surface area (Å²) in [7, 11) is 0. The van der Waals surface area contributed by atoms with Crippen molar-refractivity contribution >= 4 is 29.9 Å². The molecule has 178 valence electrons. The van der Waals surface area contributed by atoms with Gasteiger partial charge in [0.2, 0.25) is 0 Å². The molecule has 33 heavy (non-hydrogen) atoms. The van der Waals surface area contributed by atoms with Crippen LogP contribution in [0.2, 0.25) is 0 Å². The number of para-hydroxylation sites is 1. The summed E-state index contributed by atoms with van der Waals surface area (Å²) in [4.78, 5) is 8.52. The van der Waals surface area contributed by atoms with Crippen LogP contribution in [0.3, 0.4) is 0 Å². The van der Waals surface area contributed by atoms with Gasteiger partial charge in [0.15, 0.2) is 17.5 Å². The smallest absolute Gasteiger partial charge is 0.387 e. The Kier molecular flexibility index (Phi) is 10.8. The molecule has 3 rings (SSSR count). The van der Waals surface area contributed by atoms with Crippen LogP contribution in [0.15, 0.2) is 60.1 Å². The van der Waals surface area contributed by atoms with E-state index in [1.54, 1.807) is 36.1 Å². The van der Waals surface area contributed by atoms with Crippen molar-refractivity contribution in [2.45, 2.75) is 33.5 Å². The van der Waals surface area contributed by atoms with E-state index < -0.39 is 6.61 Å². The Hall–Kier alpha value is -2.96. The van der Waals surface area contributed by atoms with Gasteiger partial charge in [-0.3, -0.25) is 0 Å². The first-order chi connectivity index (χ1) is 15.6. The molecule has 2 N–H and O–H groups in total. The summed E-state index contributed by atoms with van der Waals surface area (Å²) < 4.78 is 37.7. The molecule has 0 saturated heterocycles. The number of rotatable bonds is 10. The van der Waals surface area contributed by atoms with Crippen LogP contribution in [-0.2, 0) is 13.1 Å². The van der Waals surface area contributed by atoms with Gasteiger partial charge in [-0.25, -0.2) is 14.7 Å². The highest BCUT2D eigenvalue weighted by molar-refractivity contribution is 14.0. The van der Waals surface area contributed by atoms with Gasteiger partial charge < -0.3 is 20.1 Å². The lowest BCUT2D eigenvalue weighted by molar-refractivity contribution is -0.0520. The Morgan fingerprint density at radius 3 is 2.55 bits per heavy atom. The fraction of sp³-hybridized carbons (Fsp3) is 0.318. The lowest BCUT2D eigenvalue weighted by Crippen LogP contribution is -2.36. The van der Waals surface area contributed by atoms with Crippen LogP contribution in [0.25, 0.3) is 5.69 Å². The van der Waals surface area contributed by atoms with Gasteiger partial charge in [0.05, 0.1) is 18.8 Å². The summed E-state index contributed by atoms with van der Waals surface area (Å²) in [5, 5.41) is 10.4. The number of hydrogen-bond acceptors (Lipinski definition) is 5. The topological polar surface area (TPSA) is 85.6 Å². The molecule has 0 amide bonds. The van der Waals surface area contributed by atoms with Gasteiger partial charge in [-0.1, -0.05) is 24.3 Å². The van der Waals surface area contributed by atoms with Gasteiger partial charge in [0, 0.05) is 18.7 Å². The number of aliphatic imine (C=N–C) groups is 1. The van der Waals surface area contributed by atoms with Crippen LogP contribution in [0.4, 0.5) is 8.78 Å². The van der Waals surface area contributed by atoms with Crippen molar-refractivity contribution in [3.63, 3.8) is 0 Å². The SMILES string of the molecule is CCNC(=NCc1ccc(-n2cncn2)cc1)NCc1cccc(OCC)c1OC(F)F.I. The molecule has 0 radical (unpaired) electrons. The highest BCUT2D eigenvalue weighted by atomic mass is 127. The minimum Gasteiger partial charge on any atom is -0.490 e. The number of guanidine groups is 1. The summed E-state index contributed by atoms with van der Waals surface area (Å²) in [6.07, 6.45) is 3.11. The molecule has 3 aromatic rings. The van der Waals surface area contributed by atoms with E-state index in [4.69, 9.17) is 9.47 Å². The summed E-state index contributed by atoms with van der Waals surface area (Å²) >= 11 is 0. The summed E-state index contributed by atoms with van der Waals surface area (Å²) in [5.74, 6) is 0.857. The van der Waals surface area contributed by atoms with E-state index in [0.29, 0.717) is 31.2 Å². The van der Waals surface area contributed by atoms with Crippen LogP contribution < -0.4 is 20.1 Å². The van der Waals surface area contributed by atoms with Crippen LogP contribution in [0, 0.1) is 0 Å². The van der Waals surface area contributed by atoms with Crippen LogP contribution >= 0.6 is 24.0 Å². The first kappa shape index (κ1) is 26.3. The van der Waals surface area contributed by atoms with E-state index in [0.717, 1.165) is 11.3 Å². The monoisotopic (exact) mass is 572 g/mol. The van der Waals surface area contributed by atoms with E-state index in [1.165, 1.54) is 6.33 Å². The molecule has 11 heteroatoms. The molecular weight excluding hydrogens is 545 g/mol. The summed E-state index contributed by atoms with van der Waals surface area (Å²) in [5.41, 5.74) is 2.45. The number of alkyl halides is 2. The Morgan fingerprint density at radius 1 is 1.12 bits per heavy atom. The van der Waals surface area contributed by atoms with Gasteiger partial charge in [-0.05, 0) is 37.6 Å². The molecule has 0 spiro atoms. The lowest BCUT2D eigenvalue weighted by atomic mass is 10.2. The highest BCUT2D eigenvalue weighted by Crippen LogP contribution is 2.32. The predicted octanol–water partition coefficient (Wildman–Crippen LogP) is 4.14. The standard InChI is InChI=1S/C22H26F2N6O2.HI/c1-3-26-22(27-12-16-8-10-18(11-9-16)30-15-25-14-29-30)28-13-17-6-5-7-19(31-4-2)20(17)32-21(23)24;/h5-11,14-15,21H,3-4,12-13H2,1-2H3,(H2,26,27,28);1H. The minimum atomic E-state index is -2.95. The third-order valence-corrected chi connectivity index (χ3v) is 4.40. The van der Waals surface area contributed by atoms with Crippen molar-refractivity contribution in [2.75, 3.05) is 13.2 Å². The summed E-state index contributed by atoms with van der Waals surface area (Å²) in [6.45, 7) is 2.45. The zero-order valence-electron chi connectivity index (χ0n) is 18.4. The van der Waals surface area contributed by atoms with Crippen molar-refractivity contribution in [2.24, 2.45) is 4.99 Å². The maximum atomic E-state index is 12.9. The van der Waals surface area contributed by atoms with E-state index >= 15 is 0 Å². The number of hydrogen-bond donors (Lipinski definition) is 2. The lowest BCUT2D eigenvalue weighted by Gasteiger charge is -2.17. The largest absolute Gasteiger partial charge is 0.490 e. The second kappa shape index (κ2) is 13.6. The molecule has 8 nitrogen and oxygen atoms in total. The predicted molar refractivity (Wildman–Crippen MR) is 133 cm³/mol. The quantitative estimate of drug-likeness (QED) is 0.216. The van der Waals surface area contributed by atoms with Crippen molar-refractivity contribution in [3.8, 4) is 17.2 Å². The Morgan fingerprint density at radius 2 is 1.91 bits per heavy atom. The number of aromatic nitrogens is 3. The zero-order chi connectivity index (χ0) is 22.8. The van der Waals surface area contributed by atoms with E-state index in [2.05, 4.69) is 25.7 Å². The fourth-order valence-corrected chi connectivity index (χ4v) is 2.98. The van der Waals surface area contributed by atoms with E-state index in [1.807, 2.05) is 31.2 Å². The number of nitrogens with zero attached hydrogens (tertiary/aromatic N) is 4. The fourth-order valence-electron chi connectivity index (χ4n) is 2.98. The molecule has 1 heterocycles. The second-order valence-corrected chi connectivity index (χ2v) is 6.61. The summed E-state index contributed by atoms with van der Waals surface area (Å²) in [6, 6.07) is 12.8. The average molecular weight is 572 g/mol. The Bertz CT molecular complexity index is 1000. The number of nitrogens with one attached hydrogen (secondary N) is 2. The first-order valence-corrected chi connectivity index (χ1v) is 10.3. The van der Waals surface area contributed by atoms with Crippen molar-refractivity contribution in [1.82, 2.24) is 25.4 Å². The molecule has 0 bridgehead atoms. The Labute approximate surface area is 208 Å². The normalized spacial score (nSPS) is 11.1. The molecular formula is C22H27F2IN6O2. The maximum absolute atomic E-state index is 12.9. The van der Waals surface area contributed by atoms with Crippen molar-refractivity contribution in [3.05, 3.63) is 66.2 Å². The molecule has 2 aromatic carbocycles. The number of halogens is 3. The van der Waals surface area contributed by atoms with E-state index in [9.17, 15) is 8.78 Å². The zero-order valence-corrected chi connectivity index (χ0v) is 20.7. The molecule has 0 aliphatic rings. The van der Waals surface area contributed by atoms with Crippen LogP contribution in [0.1, 0.15) is 25.0 Å². The van der Waals surface area contributed by atoms with Crippen LogP contribution in [0.5, 0.6) is 11.5 Å². The van der Waals surface area contributed by atoms with Gasteiger partial charge in [0.25, 0.3) is 0 Å². The third kappa shape index (κ3) is 7.84. The highest BCUT2D eigenvalue weighted by Gasteiger charge is 2.16. The first-order valence-electron chi connectivity index (χ1n) is 10.3. The van der Waals surface area contributed by atoms with Crippen molar-refractivity contribution < 1.29 is 18.3 Å². The maximum Gasteiger partial charge on any atom is 0.387 e. The average Bonchev–Trinajstić information content (AvgIpc) is 3.32. The van der Waals surface area contributed by atoms with Gasteiger partial charge in [-0.15, -0.1) is 24.0 Å². The second-order valence-electron chi connectivity index (χ2n) is 6.61. The van der Waals surface area contributed by atoms with Gasteiger partial charge in [-0.2, -0.15) is 13.9 Å². The van der Waals surface area contributed by atoms with Gasteiger partial charge >= 0.3 is 6.61 Å². The molecule has 1 aromatic heterocycles. The van der Waals surface area contributed by atoms with E-state index in [-0.39, 0.29) is 42.0 Å². The van der Waals surface area contributed by atoms with Gasteiger partial charge in [0.1, 0.15) is 12.7 Å². The molecule has 0 saturated carbocycles. The minimum absolute atomic E-state index is 0. The van der Waals surface area contributed by atoms with Crippen molar-refractivity contribution in [1.29, 1.82) is 0 Å². The molecule has 0 aliphatic carbocycles. The molecule has 0 unspecified atom stereocenters. The molecule has 0 atom stereocenters. The third-order valence-electron chi connectivity index (χ3n) is 4.40. The molecule has 0 aliphatic heterocycles. The Balaban J connectivity index is 0.00000385. The number of ether oxygens (including phenoxy) is 2. The van der Waals surface area contributed by atoms with Crippen LogP contribution in [-0.4, -0.2) is 40.5 Å². The molecule has 0 fully saturated rings.